The molecule has 0 unspecified atom stereocenters. The lowest BCUT2D eigenvalue weighted by Gasteiger charge is -1.92. The van der Waals surface area contributed by atoms with Crippen LogP contribution in [0.5, 0.6) is 0 Å². The zero-order valence-corrected chi connectivity index (χ0v) is 6.47. The number of H-pyrrole nitrogens is 1. The summed E-state index contributed by atoms with van der Waals surface area (Å²) >= 11 is 5.62. The molecule has 3 nitrogen and oxygen atoms in total. The minimum atomic E-state index is 0.488. The van der Waals surface area contributed by atoms with Crippen LogP contribution >= 0.6 is 11.6 Å². The number of aromatic amines is 1. The zero-order chi connectivity index (χ0) is 7.68. The standard InChI is InChI=1S/C7H6ClN3/c8-2-5-1-6-7(9-3-5)4-10-11-6/h1,3-4H,2H2,(H,10,11). The monoisotopic (exact) mass is 167 g/mol. The molecule has 0 spiro atoms. The van der Waals surface area contributed by atoms with Crippen LogP contribution in [-0.2, 0) is 5.88 Å². The molecule has 0 atom stereocenters. The van der Waals surface area contributed by atoms with E-state index in [4.69, 9.17) is 11.6 Å². The van der Waals surface area contributed by atoms with Gasteiger partial charge in [0.25, 0.3) is 0 Å². The van der Waals surface area contributed by atoms with Crippen molar-refractivity contribution in [2.75, 3.05) is 0 Å². The van der Waals surface area contributed by atoms with Crippen LogP contribution < -0.4 is 0 Å². The summed E-state index contributed by atoms with van der Waals surface area (Å²) in [6.07, 6.45) is 3.44. The molecule has 11 heavy (non-hydrogen) atoms. The van der Waals surface area contributed by atoms with Gasteiger partial charge in [0.05, 0.1) is 11.7 Å². The Bertz CT molecular complexity index is 368. The van der Waals surface area contributed by atoms with Crippen LogP contribution in [0.2, 0.25) is 0 Å². The Morgan fingerprint density at radius 1 is 1.45 bits per heavy atom. The lowest BCUT2D eigenvalue weighted by Crippen LogP contribution is -1.80. The smallest absolute Gasteiger partial charge is 0.108 e. The summed E-state index contributed by atoms with van der Waals surface area (Å²) in [5.41, 5.74) is 2.81. The molecule has 4 heteroatoms. The normalized spacial score (nSPS) is 10.6. The number of pyridine rings is 1. The average molecular weight is 168 g/mol. The van der Waals surface area contributed by atoms with E-state index in [1.165, 1.54) is 0 Å². The van der Waals surface area contributed by atoms with E-state index in [0.29, 0.717) is 5.88 Å². The lowest BCUT2D eigenvalue weighted by molar-refractivity contribution is 1.12. The van der Waals surface area contributed by atoms with Crippen molar-refractivity contribution in [1.82, 2.24) is 15.2 Å². The second kappa shape index (κ2) is 2.51. The minimum absolute atomic E-state index is 0.488. The summed E-state index contributed by atoms with van der Waals surface area (Å²) in [6.45, 7) is 0. The summed E-state index contributed by atoms with van der Waals surface area (Å²) in [4.78, 5) is 4.13. The average Bonchev–Trinajstić information content (AvgIpc) is 2.50. The van der Waals surface area contributed by atoms with E-state index >= 15 is 0 Å². The Morgan fingerprint density at radius 3 is 3.18 bits per heavy atom. The third-order valence-electron chi connectivity index (χ3n) is 1.50. The predicted octanol–water partition coefficient (Wildman–Crippen LogP) is 1.70. The molecule has 0 aliphatic carbocycles. The van der Waals surface area contributed by atoms with Crippen molar-refractivity contribution in [3.63, 3.8) is 0 Å². The number of halogens is 1. The molecule has 2 heterocycles. The van der Waals surface area contributed by atoms with Gasteiger partial charge in [0.15, 0.2) is 0 Å². The van der Waals surface area contributed by atoms with E-state index < -0.39 is 0 Å². The first kappa shape index (κ1) is 6.61. The molecule has 0 saturated heterocycles. The highest BCUT2D eigenvalue weighted by atomic mass is 35.5. The van der Waals surface area contributed by atoms with Crippen LogP contribution in [0.3, 0.4) is 0 Å². The number of fused-ring (bicyclic) bond motifs is 1. The second-order valence-corrected chi connectivity index (χ2v) is 2.55. The van der Waals surface area contributed by atoms with Gasteiger partial charge in [-0.15, -0.1) is 11.6 Å². The van der Waals surface area contributed by atoms with Crippen LogP contribution in [0.4, 0.5) is 0 Å². The first-order valence-electron chi connectivity index (χ1n) is 3.24. The van der Waals surface area contributed by atoms with Gasteiger partial charge in [0.2, 0.25) is 0 Å². The summed E-state index contributed by atoms with van der Waals surface area (Å²) in [6, 6.07) is 1.95. The molecule has 0 saturated carbocycles. The molecule has 56 valence electrons. The van der Waals surface area contributed by atoms with Gasteiger partial charge in [-0.3, -0.25) is 10.1 Å². The fourth-order valence-electron chi connectivity index (χ4n) is 0.947. The first-order valence-corrected chi connectivity index (χ1v) is 3.77. The van der Waals surface area contributed by atoms with Crippen LogP contribution in [0.25, 0.3) is 11.0 Å². The van der Waals surface area contributed by atoms with Crippen molar-refractivity contribution in [3.8, 4) is 0 Å². The molecule has 0 aliphatic heterocycles. The highest BCUT2D eigenvalue weighted by molar-refractivity contribution is 6.17. The Morgan fingerprint density at radius 2 is 2.36 bits per heavy atom. The Hall–Kier alpha value is -1.09. The summed E-state index contributed by atoms with van der Waals surface area (Å²) in [7, 11) is 0. The van der Waals surface area contributed by atoms with E-state index in [0.717, 1.165) is 16.6 Å². The lowest BCUT2D eigenvalue weighted by atomic mass is 10.3. The highest BCUT2D eigenvalue weighted by Gasteiger charge is 1.96. The van der Waals surface area contributed by atoms with Crippen LogP contribution in [-0.4, -0.2) is 15.2 Å². The van der Waals surface area contributed by atoms with Crippen molar-refractivity contribution in [2.24, 2.45) is 0 Å². The zero-order valence-electron chi connectivity index (χ0n) is 5.71. The van der Waals surface area contributed by atoms with E-state index in [1.807, 2.05) is 6.07 Å². The number of alkyl halides is 1. The second-order valence-electron chi connectivity index (χ2n) is 2.28. The number of nitrogens with one attached hydrogen (secondary N) is 1. The van der Waals surface area contributed by atoms with Crippen LogP contribution in [0.15, 0.2) is 18.5 Å². The van der Waals surface area contributed by atoms with Gasteiger partial charge in [0.1, 0.15) is 5.52 Å². The maximum atomic E-state index is 5.62. The quantitative estimate of drug-likeness (QED) is 0.657. The van der Waals surface area contributed by atoms with Crippen LogP contribution in [0, 0.1) is 0 Å². The fraction of sp³-hybridized carbons (Fsp3) is 0.143. The van der Waals surface area contributed by atoms with E-state index in [-0.39, 0.29) is 0 Å². The van der Waals surface area contributed by atoms with Gasteiger partial charge in [-0.05, 0) is 11.6 Å². The SMILES string of the molecule is ClCc1cnc2cn[nH]c2c1. The van der Waals surface area contributed by atoms with Crippen LogP contribution in [0.1, 0.15) is 5.56 Å². The van der Waals surface area contributed by atoms with Crippen molar-refractivity contribution in [2.45, 2.75) is 5.88 Å². The Labute approximate surface area is 68.4 Å². The fourth-order valence-corrected chi connectivity index (χ4v) is 1.09. The van der Waals surface area contributed by atoms with Gasteiger partial charge >= 0.3 is 0 Å². The van der Waals surface area contributed by atoms with Gasteiger partial charge in [-0.25, -0.2) is 0 Å². The van der Waals surface area contributed by atoms with E-state index in [1.54, 1.807) is 12.4 Å². The van der Waals surface area contributed by atoms with Gasteiger partial charge in [0, 0.05) is 12.1 Å². The molecule has 0 bridgehead atoms. The Balaban J connectivity index is 2.67. The number of nitrogens with zero attached hydrogens (tertiary/aromatic N) is 2. The minimum Gasteiger partial charge on any atom is -0.276 e. The van der Waals surface area contributed by atoms with Gasteiger partial charge in [-0.2, -0.15) is 5.10 Å². The largest absolute Gasteiger partial charge is 0.276 e. The van der Waals surface area contributed by atoms with Crippen molar-refractivity contribution in [3.05, 3.63) is 24.0 Å². The summed E-state index contributed by atoms with van der Waals surface area (Å²) < 4.78 is 0. The van der Waals surface area contributed by atoms with E-state index in [9.17, 15) is 0 Å². The van der Waals surface area contributed by atoms with Gasteiger partial charge < -0.3 is 0 Å². The number of hydrogen-bond acceptors (Lipinski definition) is 2. The molecule has 2 aromatic heterocycles. The third kappa shape index (κ3) is 1.07. The topological polar surface area (TPSA) is 41.6 Å². The maximum Gasteiger partial charge on any atom is 0.108 e. The molecule has 2 rings (SSSR count). The summed E-state index contributed by atoms with van der Waals surface area (Å²) in [5, 5.41) is 6.67. The molecule has 0 aliphatic rings. The predicted molar refractivity (Wildman–Crippen MR) is 43.4 cm³/mol. The molecular weight excluding hydrogens is 162 g/mol. The molecule has 0 radical (unpaired) electrons. The molecule has 2 aromatic rings. The maximum absolute atomic E-state index is 5.62. The molecule has 1 N–H and O–H groups in total. The molecule has 0 aromatic carbocycles. The highest BCUT2D eigenvalue weighted by Crippen LogP contribution is 2.10. The third-order valence-corrected chi connectivity index (χ3v) is 1.81. The Kier molecular flexibility index (Phi) is 1.51. The number of rotatable bonds is 1. The molecule has 0 amide bonds. The van der Waals surface area contributed by atoms with Crippen molar-refractivity contribution >= 4 is 22.6 Å². The molecule has 0 fully saturated rings. The van der Waals surface area contributed by atoms with Gasteiger partial charge in [-0.1, -0.05) is 0 Å². The molecular formula is C7H6ClN3. The first-order chi connectivity index (χ1) is 5.40. The number of aromatic nitrogens is 3. The van der Waals surface area contributed by atoms with E-state index in [2.05, 4.69) is 15.2 Å². The number of hydrogen-bond donors (Lipinski definition) is 1. The van der Waals surface area contributed by atoms with Crippen molar-refractivity contribution < 1.29 is 0 Å². The summed E-state index contributed by atoms with van der Waals surface area (Å²) in [5.74, 6) is 0.488. The van der Waals surface area contributed by atoms with Crippen molar-refractivity contribution in [1.29, 1.82) is 0 Å².